The quantitative estimate of drug-likeness (QED) is 0.837. The Kier molecular flexibility index (Phi) is 2.99. The van der Waals surface area contributed by atoms with Gasteiger partial charge in [0.15, 0.2) is 0 Å². The maximum atomic E-state index is 9.13. The summed E-state index contributed by atoms with van der Waals surface area (Å²) in [4.78, 5) is 4.07. The van der Waals surface area contributed by atoms with Crippen LogP contribution in [0.2, 0.25) is 5.02 Å². The van der Waals surface area contributed by atoms with E-state index >= 15 is 0 Å². The molecule has 0 aliphatic carbocycles. The highest BCUT2D eigenvalue weighted by atomic mass is 35.5. The molecule has 3 nitrogen and oxygen atoms in total. The van der Waals surface area contributed by atoms with Crippen molar-refractivity contribution in [2.75, 3.05) is 5.73 Å². The molecule has 1 aromatic heterocycles. The van der Waals surface area contributed by atoms with Gasteiger partial charge in [-0.15, -0.1) is 0 Å². The van der Waals surface area contributed by atoms with Crippen molar-refractivity contribution in [1.29, 1.82) is 5.26 Å². The Hall–Kier alpha value is -2.05. The van der Waals surface area contributed by atoms with E-state index in [0.717, 1.165) is 16.8 Å². The van der Waals surface area contributed by atoms with Crippen molar-refractivity contribution in [3.05, 3.63) is 46.6 Å². The van der Waals surface area contributed by atoms with E-state index in [-0.39, 0.29) is 5.82 Å². The second kappa shape index (κ2) is 4.44. The van der Waals surface area contributed by atoms with Gasteiger partial charge in [0.2, 0.25) is 0 Å². The van der Waals surface area contributed by atoms with Crippen molar-refractivity contribution >= 4 is 17.4 Å². The summed E-state index contributed by atoms with van der Waals surface area (Å²) in [5, 5.41) is 9.72. The topological polar surface area (TPSA) is 62.7 Å². The number of aromatic nitrogens is 1. The third-order valence-corrected chi connectivity index (χ3v) is 2.78. The Bertz CT molecular complexity index is 615. The Morgan fingerprint density at radius 2 is 2.00 bits per heavy atom. The van der Waals surface area contributed by atoms with Crippen LogP contribution in [-0.2, 0) is 0 Å². The fraction of sp³-hybridized carbons (Fsp3) is 0.0769. The SMILES string of the molecule is Cc1cc(-c2ccccc2Cl)c(C#N)c(N)n1. The van der Waals surface area contributed by atoms with Crippen molar-refractivity contribution in [2.45, 2.75) is 6.92 Å². The van der Waals surface area contributed by atoms with Gasteiger partial charge < -0.3 is 5.73 Å². The number of benzene rings is 1. The van der Waals surface area contributed by atoms with Gasteiger partial charge in [0.05, 0.1) is 0 Å². The molecule has 0 saturated heterocycles. The number of nitrogens with zero attached hydrogens (tertiary/aromatic N) is 2. The average Bonchev–Trinajstić information content (AvgIpc) is 2.28. The van der Waals surface area contributed by atoms with E-state index in [1.165, 1.54) is 0 Å². The molecule has 2 aromatic rings. The van der Waals surface area contributed by atoms with Crippen LogP contribution in [0.5, 0.6) is 0 Å². The maximum Gasteiger partial charge on any atom is 0.142 e. The molecule has 0 amide bonds. The van der Waals surface area contributed by atoms with Crippen LogP contribution in [0.15, 0.2) is 30.3 Å². The zero-order valence-corrected chi connectivity index (χ0v) is 9.99. The number of halogens is 1. The molecule has 0 aliphatic rings. The summed E-state index contributed by atoms with van der Waals surface area (Å²) < 4.78 is 0. The second-order valence-electron chi connectivity index (χ2n) is 3.66. The predicted molar refractivity (Wildman–Crippen MR) is 68.5 cm³/mol. The lowest BCUT2D eigenvalue weighted by molar-refractivity contribution is 1.20. The Morgan fingerprint density at radius 1 is 1.29 bits per heavy atom. The van der Waals surface area contributed by atoms with E-state index in [4.69, 9.17) is 22.6 Å². The van der Waals surface area contributed by atoms with Gasteiger partial charge in [0.25, 0.3) is 0 Å². The minimum atomic E-state index is 0.238. The largest absolute Gasteiger partial charge is 0.383 e. The summed E-state index contributed by atoms with van der Waals surface area (Å²) in [5.74, 6) is 0.238. The highest BCUT2D eigenvalue weighted by molar-refractivity contribution is 6.33. The van der Waals surface area contributed by atoms with Crippen LogP contribution < -0.4 is 5.73 Å². The minimum absolute atomic E-state index is 0.238. The minimum Gasteiger partial charge on any atom is -0.383 e. The summed E-state index contributed by atoms with van der Waals surface area (Å²) in [6.07, 6.45) is 0. The van der Waals surface area contributed by atoms with E-state index < -0.39 is 0 Å². The molecule has 0 radical (unpaired) electrons. The van der Waals surface area contributed by atoms with Gasteiger partial charge in [-0.05, 0) is 19.1 Å². The average molecular weight is 244 g/mol. The lowest BCUT2D eigenvalue weighted by Crippen LogP contribution is -1.99. The van der Waals surface area contributed by atoms with E-state index in [1.54, 1.807) is 6.07 Å². The van der Waals surface area contributed by atoms with Crippen LogP contribution in [0.4, 0.5) is 5.82 Å². The highest BCUT2D eigenvalue weighted by Crippen LogP contribution is 2.32. The maximum absolute atomic E-state index is 9.13. The number of nitrogens with two attached hydrogens (primary N) is 1. The lowest BCUT2D eigenvalue weighted by atomic mass is 10.0. The van der Waals surface area contributed by atoms with Crippen molar-refractivity contribution in [1.82, 2.24) is 4.98 Å². The van der Waals surface area contributed by atoms with Crippen molar-refractivity contribution < 1.29 is 0 Å². The number of aryl methyl sites for hydroxylation is 1. The molecule has 2 N–H and O–H groups in total. The van der Waals surface area contributed by atoms with Gasteiger partial charge in [-0.1, -0.05) is 29.8 Å². The molecule has 4 heteroatoms. The van der Waals surface area contributed by atoms with Crippen LogP contribution in [-0.4, -0.2) is 4.98 Å². The molecule has 0 spiro atoms. The number of hydrogen-bond acceptors (Lipinski definition) is 3. The zero-order chi connectivity index (χ0) is 12.4. The van der Waals surface area contributed by atoms with E-state index in [9.17, 15) is 0 Å². The number of hydrogen-bond donors (Lipinski definition) is 1. The number of nitrogen functional groups attached to an aromatic ring is 1. The molecule has 1 aromatic carbocycles. The molecule has 0 atom stereocenters. The summed E-state index contributed by atoms with van der Waals surface area (Å²) >= 11 is 6.12. The summed E-state index contributed by atoms with van der Waals surface area (Å²) in [6.45, 7) is 1.83. The van der Waals surface area contributed by atoms with Crippen molar-refractivity contribution in [3.63, 3.8) is 0 Å². The number of nitriles is 1. The van der Waals surface area contributed by atoms with Gasteiger partial charge in [-0.25, -0.2) is 4.98 Å². The zero-order valence-electron chi connectivity index (χ0n) is 9.24. The molecule has 0 saturated carbocycles. The fourth-order valence-corrected chi connectivity index (χ4v) is 1.94. The monoisotopic (exact) mass is 243 g/mol. The number of pyridine rings is 1. The molecule has 2 rings (SSSR count). The lowest BCUT2D eigenvalue weighted by Gasteiger charge is -2.09. The number of rotatable bonds is 1. The molecule has 0 bridgehead atoms. The van der Waals surface area contributed by atoms with Gasteiger partial charge >= 0.3 is 0 Å². The Balaban J connectivity index is 2.76. The van der Waals surface area contributed by atoms with E-state index in [1.807, 2.05) is 31.2 Å². The van der Waals surface area contributed by atoms with Gasteiger partial charge in [0, 0.05) is 21.8 Å². The molecule has 0 fully saturated rings. The normalized spacial score (nSPS) is 9.94. The second-order valence-corrected chi connectivity index (χ2v) is 4.07. The standard InChI is InChI=1S/C13H10ClN3/c1-8-6-10(11(7-15)13(16)17-8)9-4-2-3-5-12(9)14/h2-6H,1H3,(H2,16,17). The van der Waals surface area contributed by atoms with Crippen molar-refractivity contribution in [2.24, 2.45) is 0 Å². The molecule has 1 heterocycles. The molecule has 0 unspecified atom stereocenters. The van der Waals surface area contributed by atoms with Gasteiger partial charge in [0.1, 0.15) is 17.5 Å². The van der Waals surface area contributed by atoms with Crippen LogP contribution >= 0.6 is 11.6 Å². The molecule has 0 aliphatic heterocycles. The van der Waals surface area contributed by atoms with Crippen LogP contribution in [0.3, 0.4) is 0 Å². The van der Waals surface area contributed by atoms with Crippen LogP contribution in [0.25, 0.3) is 11.1 Å². The van der Waals surface area contributed by atoms with Crippen LogP contribution in [0, 0.1) is 18.3 Å². The van der Waals surface area contributed by atoms with E-state index in [2.05, 4.69) is 11.1 Å². The summed E-state index contributed by atoms with van der Waals surface area (Å²) in [6, 6.07) is 11.2. The summed E-state index contributed by atoms with van der Waals surface area (Å²) in [5.41, 5.74) is 8.39. The van der Waals surface area contributed by atoms with Crippen LogP contribution in [0.1, 0.15) is 11.3 Å². The fourth-order valence-electron chi connectivity index (χ4n) is 1.71. The third kappa shape index (κ3) is 2.08. The molecular weight excluding hydrogens is 234 g/mol. The van der Waals surface area contributed by atoms with Gasteiger partial charge in [-0.3, -0.25) is 0 Å². The first-order valence-corrected chi connectivity index (χ1v) is 5.43. The van der Waals surface area contributed by atoms with Gasteiger partial charge in [-0.2, -0.15) is 5.26 Å². The van der Waals surface area contributed by atoms with E-state index in [0.29, 0.717) is 10.6 Å². The Morgan fingerprint density at radius 3 is 2.65 bits per heavy atom. The van der Waals surface area contributed by atoms with Crippen molar-refractivity contribution in [3.8, 4) is 17.2 Å². The molecule has 84 valence electrons. The number of anilines is 1. The smallest absolute Gasteiger partial charge is 0.142 e. The first-order chi connectivity index (χ1) is 8.13. The molecule has 17 heavy (non-hydrogen) atoms. The first kappa shape index (κ1) is 11.4. The summed E-state index contributed by atoms with van der Waals surface area (Å²) in [7, 11) is 0. The predicted octanol–water partition coefficient (Wildman–Crippen LogP) is 3.16. The first-order valence-electron chi connectivity index (χ1n) is 5.05. The Labute approximate surface area is 104 Å². The molecular formula is C13H10ClN3. The highest BCUT2D eigenvalue weighted by Gasteiger charge is 2.12. The third-order valence-electron chi connectivity index (χ3n) is 2.45.